The molecule has 0 unspecified atom stereocenters. The number of hydrogen-bond acceptors (Lipinski definition) is 7. The van der Waals surface area contributed by atoms with E-state index in [-0.39, 0.29) is 0 Å². The van der Waals surface area contributed by atoms with Crippen LogP contribution >= 0.6 is 22.7 Å². The number of para-hydroxylation sites is 3. The molecule has 0 atom stereocenters. The molecule has 11 heteroatoms. The molecule has 0 radical (unpaired) electrons. The van der Waals surface area contributed by atoms with Crippen LogP contribution in [0.4, 0.5) is 0 Å². The average Bonchev–Trinajstić information content (AvgIpc) is 2.72. The Balaban J connectivity index is 0.801. The molecule has 8 aromatic heterocycles. The summed E-state index contributed by atoms with van der Waals surface area (Å²) in [6.07, 6.45) is 0. The van der Waals surface area contributed by atoms with Gasteiger partial charge in [-0.2, -0.15) is 0 Å². The molecule has 0 aliphatic rings. The van der Waals surface area contributed by atoms with E-state index < -0.39 is 0 Å². The molecule has 0 N–H and O–H groups in total. The van der Waals surface area contributed by atoms with Gasteiger partial charge in [0.15, 0.2) is 22.8 Å². The minimum atomic E-state index is 0.755. The summed E-state index contributed by atoms with van der Waals surface area (Å²) in [6.45, 7) is 0. The summed E-state index contributed by atoms with van der Waals surface area (Å²) in [7, 11) is 0. The Bertz CT molecular complexity index is 5580. The van der Waals surface area contributed by atoms with Gasteiger partial charge in [-0.25, -0.2) is 4.98 Å². The maximum absolute atomic E-state index is 7.11. The average molecular weight is 1090 g/mol. The normalized spacial score (nSPS) is 12.1. The van der Waals surface area contributed by atoms with Crippen molar-refractivity contribution in [2.75, 3.05) is 0 Å². The molecule has 0 spiro atoms. The molecular weight excluding hydrogens is 1050 g/mol. The van der Waals surface area contributed by atoms with E-state index in [0.29, 0.717) is 0 Å². The van der Waals surface area contributed by atoms with Gasteiger partial charge in [0.2, 0.25) is 11.4 Å². The van der Waals surface area contributed by atoms with E-state index >= 15 is 0 Å². The summed E-state index contributed by atoms with van der Waals surface area (Å²) < 4.78 is 27.7. The molecule has 18 aromatic rings. The fraction of sp³-hybridized carbons (Fsp3) is 0. The molecule has 384 valence electrons. The first kappa shape index (κ1) is 45.3. The van der Waals surface area contributed by atoms with Crippen LogP contribution < -0.4 is 0 Å². The van der Waals surface area contributed by atoms with Crippen LogP contribution in [0.3, 0.4) is 0 Å². The summed E-state index contributed by atoms with van der Waals surface area (Å²) in [4.78, 5) is 5.56. The van der Waals surface area contributed by atoms with Crippen molar-refractivity contribution in [1.29, 1.82) is 0 Å². The molecule has 0 fully saturated rings. The molecule has 9 nitrogen and oxygen atoms in total. The lowest BCUT2D eigenvalue weighted by Gasteiger charge is -2.12. The van der Waals surface area contributed by atoms with Gasteiger partial charge in [-0.3, -0.25) is 18.3 Å². The standard InChI is InChI=1S/C71H41N7O2S2/c1-5-18-42(19-6-1)68-73-74-69(78(68)49-25-11-4-12-26-49)46-34-36-57-54(40-46)62-66-64(52-29-14-16-31-60(52)82-66)80-71(62)77(57)50-27-17-20-43(38-50)44-32-37-58-55(41-44)72-67(75(58)47-21-7-2-8-22-47)45-33-35-56-53(39-45)61-65-63(51-28-13-15-30-59(51)81-65)79-70(61)76(56)48-23-9-3-10-24-48/h1-41H. The molecule has 18 rings (SSSR count). The highest BCUT2D eigenvalue weighted by Gasteiger charge is 2.27. The number of hydrogen-bond donors (Lipinski definition) is 0. The maximum atomic E-state index is 7.11. The smallest absolute Gasteiger partial charge is 0.214 e. The second kappa shape index (κ2) is 17.5. The molecule has 0 aliphatic carbocycles. The first-order valence-electron chi connectivity index (χ1n) is 27.2. The van der Waals surface area contributed by atoms with Gasteiger partial charge in [-0.1, -0.05) is 127 Å². The highest BCUT2D eigenvalue weighted by molar-refractivity contribution is 7.27. The molecule has 0 amide bonds. The van der Waals surface area contributed by atoms with Gasteiger partial charge in [0.1, 0.15) is 5.82 Å². The Morgan fingerprint density at radius 3 is 1.34 bits per heavy atom. The van der Waals surface area contributed by atoms with Gasteiger partial charge < -0.3 is 8.83 Å². The fourth-order valence-electron chi connectivity index (χ4n) is 12.5. The van der Waals surface area contributed by atoms with Crippen molar-refractivity contribution in [3.05, 3.63) is 249 Å². The first-order valence-corrected chi connectivity index (χ1v) is 28.9. The highest BCUT2D eigenvalue weighted by Crippen LogP contribution is 2.49. The van der Waals surface area contributed by atoms with Crippen molar-refractivity contribution in [3.8, 4) is 68.0 Å². The quantitative estimate of drug-likeness (QED) is 0.151. The van der Waals surface area contributed by atoms with Crippen LogP contribution in [0.25, 0.3) is 164 Å². The lowest BCUT2D eigenvalue weighted by molar-refractivity contribution is 0.649. The lowest BCUT2D eigenvalue weighted by Crippen LogP contribution is -2.00. The monoisotopic (exact) mass is 1090 g/mol. The zero-order chi connectivity index (χ0) is 53.6. The summed E-state index contributed by atoms with van der Waals surface area (Å²) in [5, 5.41) is 16.3. The number of benzene rings is 10. The topological polar surface area (TPSA) is 84.7 Å². The van der Waals surface area contributed by atoms with Crippen molar-refractivity contribution in [2.24, 2.45) is 0 Å². The van der Waals surface area contributed by atoms with Gasteiger partial charge in [0, 0.05) is 70.4 Å². The molecule has 0 saturated heterocycles. The number of furan rings is 2. The summed E-state index contributed by atoms with van der Waals surface area (Å²) in [5.74, 6) is 2.39. The van der Waals surface area contributed by atoms with Crippen LogP contribution in [0.2, 0.25) is 0 Å². The Hall–Kier alpha value is -10.6. The zero-order valence-corrected chi connectivity index (χ0v) is 45.1. The van der Waals surface area contributed by atoms with Crippen LogP contribution in [0.15, 0.2) is 258 Å². The van der Waals surface area contributed by atoms with Crippen LogP contribution in [-0.4, -0.2) is 33.4 Å². The van der Waals surface area contributed by atoms with E-state index in [9.17, 15) is 0 Å². The summed E-state index contributed by atoms with van der Waals surface area (Å²) in [5.41, 5.74) is 16.6. The zero-order valence-electron chi connectivity index (χ0n) is 43.4. The molecule has 0 saturated carbocycles. The van der Waals surface area contributed by atoms with E-state index in [0.717, 1.165) is 154 Å². The van der Waals surface area contributed by atoms with Gasteiger partial charge in [0.05, 0.1) is 42.2 Å². The summed E-state index contributed by atoms with van der Waals surface area (Å²) in [6, 6.07) is 87.6. The predicted molar refractivity (Wildman–Crippen MR) is 337 cm³/mol. The van der Waals surface area contributed by atoms with Crippen molar-refractivity contribution >= 4 is 118 Å². The van der Waals surface area contributed by atoms with Crippen LogP contribution in [-0.2, 0) is 0 Å². The van der Waals surface area contributed by atoms with Gasteiger partial charge in [0.25, 0.3) is 0 Å². The number of nitrogens with zero attached hydrogens (tertiary/aromatic N) is 7. The van der Waals surface area contributed by atoms with Crippen molar-refractivity contribution in [2.45, 2.75) is 0 Å². The predicted octanol–water partition coefficient (Wildman–Crippen LogP) is 19.4. The minimum Gasteiger partial charge on any atom is -0.438 e. The molecule has 10 aromatic carbocycles. The van der Waals surface area contributed by atoms with Crippen LogP contribution in [0.1, 0.15) is 0 Å². The number of aromatic nitrogens is 7. The molecule has 0 aliphatic heterocycles. The molecule has 82 heavy (non-hydrogen) atoms. The van der Waals surface area contributed by atoms with Crippen LogP contribution in [0.5, 0.6) is 0 Å². The number of fused-ring (bicyclic) bond motifs is 15. The number of rotatable bonds is 8. The lowest BCUT2D eigenvalue weighted by atomic mass is 10.0. The van der Waals surface area contributed by atoms with E-state index in [2.05, 4.69) is 243 Å². The Morgan fingerprint density at radius 2 is 0.744 bits per heavy atom. The molecular formula is C71H41N7O2S2. The number of imidazole rings is 1. The van der Waals surface area contributed by atoms with E-state index in [4.69, 9.17) is 24.0 Å². The summed E-state index contributed by atoms with van der Waals surface area (Å²) >= 11 is 3.56. The number of thiophene rings is 2. The second-order valence-electron chi connectivity index (χ2n) is 20.8. The van der Waals surface area contributed by atoms with E-state index in [1.165, 1.54) is 9.40 Å². The largest absolute Gasteiger partial charge is 0.438 e. The third kappa shape index (κ3) is 6.63. The van der Waals surface area contributed by atoms with Crippen molar-refractivity contribution in [1.82, 2.24) is 33.4 Å². The minimum absolute atomic E-state index is 0.755. The van der Waals surface area contributed by atoms with Gasteiger partial charge in [-0.05, 0) is 132 Å². The Morgan fingerprint density at radius 1 is 0.305 bits per heavy atom. The second-order valence-corrected chi connectivity index (χ2v) is 22.9. The van der Waals surface area contributed by atoms with E-state index in [1.807, 2.05) is 24.3 Å². The Labute approximate surface area is 474 Å². The third-order valence-corrected chi connectivity index (χ3v) is 18.5. The van der Waals surface area contributed by atoms with Gasteiger partial charge >= 0.3 is 0 Å². The fourth-order valence-corrected chi connectivity index (χ4v) is 14.8. The SMILES string of the molecule is c1ccc(-c2nnc(-c3ccc4c(c3)c3c5sc6ccccc6c5oc3n4-c3cccc(-c4ccc5c(c4)nc(-c4ccc6c(c4)c4c7sc8ccccc8c7oc4n6-c4ccccc4)n5-c4ccccc4)c3)n2-c2ccccc2)cc1. The Kier molecular flexibility index (Phi) is 9.64. The van der Waals surface area contributed by atoms with Crippen molar-refractivity contribution < 1.29 is 8.83 Å². The third-order valence-electron chi connectivity index (χ3n) is 16.1. The van der Waals surface area contributed by atoms with Gasteiger partial charge in [-0.15, -0.1) is 32.9 Å². The van der Waals surface area contributed by atoms with E-state index in [1.54, 1.807) is 22.7 Å². The first-order chi connectivity index (χ1) is 40.7. The van der Waals surface area contributed by atoms with Crippen LogP contribution in [0, 0.1) is 0 Å². The highest BCUT2D eigenvalue weighted by atomic mass is 32.1. The molecule has 0 bridgehead atoms. The van der Waals surface area contributed by atoms with Crippen molar-refractivity contribution in [3.63, 3.8) is 0 Å². The molecule has 8 heterocycles. The maximum Gasteiger partial charge on any atom is 0.214 e.